The average molecular weight is 256 g/mol. The summed E-state index contributed by atoms with van der Waals surface area (Å²) in [4.78, 5) is 0. The third kappa shape index (κ3) is 3.65. The van der Waals surface area contributed by atoms with Gasteiger partial charge >= 0.3 is 0 Å². The summed E-state index contributed by atoms with van der Waals surface area (Å²) in [7, 11) is 1.64. The minimum Gasteiger partial charge on any atom is -0.497 e. The minimum absolute atomic E-state index is 0.439. The molecule has 1 unspecified atom stereocenters. The highest BCUT2D eigenvalue weighted by molar-refractivity contribution is 5.59. The summed E-state index contributed by atoms with van der Waals surface area (Å²) < 4.78 is 5.21. The molecule has 0 heterocycles. The lowest BCUT2D eigenvalue weighted by atomic mass is 10.0. The van der Waals surface area contributed by atoms with Crippen LogP contribution in [-0.4, -0.2) is 13.7 Å². The number of nitrogens with two attached hydrogens (primary N) is 1. The lowest BCUT2D eigenvalue weighted by Gasteiger charge is -2.15. The molecule has 0 fully saturated rings. The summed E-state index contributed by atoms with van der Waals surface area (Å²) >= 11 is 0. The molecule has 2 aromatic carbocycles. The predicted molar refractivity (Wildman–Crippen MR) is 80.8 cm³/mol. The quantitative estimate of drug-likeness (QED) is 0.805. The highest BCUT2D eigenvalue weighted by Gasteiger charge is 2.05. The molecule has 2 aromatic rings. The first-order valence-corrected chi connectivity index (χ1v) is 6.42. The Bertz CT molecular complexity index is 526. The molecule has 0 radical (unpaired) electrons. The number of hydrogen-bond acceptors (Lipinski definition) is 3. The highest BCUT2D eigenvalue weighted by atomic mass is 16.5. The van der Waals surface area contributed by atoms with Crippen molar-refractivity contribution in [2.75, 3.05) is 24.7 Å². The fourth-order valence-corrected chi connectivity index (χ4v) is 2.01. The molecule has 1 atom stereocenters. The maximum Gasteiger partial charge on any atom is 0.122 e. The van der Waals surface area contributed by atoms with Gasteiger partial charge in [0.1, 0.15) is 5.75 Å². The Balaban J connectivity index is 2.01. The van der Waals surface area contributed by atoms with Gasteiger partial charge in [0.2, 0.25) is 0 Å². The van der Waals surface area contributed by atoms with Crippen LogP contribution in [0.25, 0.3) is 0 Å². The zero-order valence-corrected chi connectivity index (χ0v) is 11.4. The number of hydrogen-bond donors (Lipinski definition) is 2. The van der Waals surface area contributed by atoms with Gasteiger partial charge < -0.3 is 15.8 Å². The second-order valence-electron chi connectivity index (χ2n) is 4.69. The second kappa shape index (κ2) is 6.14. The van der Waals surface area contributed by atoms with Crippen LogP contribution < -0.4 is 15.8 Å². The molecule has 0 spiro atoms. The van der Waals surface area contributed by atoms with Gasteiger partial charge in [-0.1, -0.05) is 37.3 Å². The van der Waals surface area contributed by atoms with Crippen molar-refractivity contribution < 1.29 is 4.74 Å². The van der Waals surface area contributed by atoms with Gasteiger partial charge in [0.15, 0.2) is 0 Å². The van der Waals surface area contributed by atoms with Crippen molar-refractivity contribution in [2.24, 2.45) is 0 Å². The Labute approximate surface area is 114 Å². The molecule has 3 N–H and O–H groups in total. The lowest BCUT2D eigenvalue weighted by molar-refractivity contribution is 0.415. The first-order chi connectivity index (χ1) is 9.19. The van der Waals surface area contributed by atoms with E-state index in [1.165, 1.54) is 5.56 Å². The maximum atomic E-state index is 5.83. The van der Waals surface area contributed by atoms with E-state index in [4.69, 9.17) is 10.5 Å². The van der Waals surface area contributed by atoms with Crippen molar-refractivity contribution in [1.29, 1.82) is 0 Å². The van der Waals surface area contributed by atoms with Gasteiger partial charge in [-0.15, -0.1) is 0 Å². The Morgan fingerprint density at radius 3 is 2.58 bits per heavy atom. The van der Waals surface area contributed by atoms with Crippen molar-refractivity contribution in [3.63, 3.8) is 0 Å². The number of rotatable bonds is 5. The summed E-state index contributed by atoms with van der Waals surface area (Å²) in [6.45, 7) is 3.06. The first-order valence-electron chi connectivity index (χ1n) is 6.42. The van der Waals surface area contributed by atoms with Gasteiger partial charge in [0.05, 0.1) is 7.11 Å². The number of nitrogen functional groups attached to an aromatic ring is 1. The molecular weight excluding hydrogens is 236 g/mol. The Morgan fingerprint density at radius 2 is 1.89 bits per heavy atom. The smallest absolute Gasteiger partial charge is 0.122 e. The van der Waals surface area contributed by atoms with Crippen molar-refractivity contribution in [3.8, 4) is 5.75 Å². The number of benzene rings is 2. The van der Waals surface area contributed by atoms with E-state index in [2.05, 4.69) is 36.5 Å². The van der Waals surface area contributed by atoms with Crippen LogP contribution in [0.2, 0.25) is 0 Å². The molecule has 0 bridgehead atoms. The summed E-state index contributed by atoms with van der Waals surface area (Å²) in [5.41, 5.74) is 8.85. The van der Waals surface area contributed by atoms with Crippen LogP contribution in [0.5, 0.6) is 5.75 Å². The SMILES string of the molecule is COc1cc(N)cc(NCC(C)c2ccccc2)c1. The number of methoxy groups -OCH3 is 1. The van der Waals surface area contributed by atoms with Crippen molar-refractivity contribution in [3.05, 3.63) is 54.1 Å². The number of nitrogens with one attached hydrogen (secondary N) is 1. The molecule has 0 saturated heterocycles. The van der Waals surface area contributed by atoms with Crippen molar-refractivity contribution >= 4 is 11.4 Å². The summed E-state index contributed by atoms with van der Waals surface area (Å²) in [5.74, 6) is 1.21. The summed E-state index contributed by atoms with van der Waals surface area (Å²) in [5, 5.41) is 3.40. The lowest BCUT2D eigenvalue weighted by Crippen LogP contribution is -2.10. The fourth-order valence-electron chi connectivity index (χ4n) is 2.01. The largest absolute Gasteiger partial charge is 0.497 e. The summed E-state index contributed by atoms with van der Waals surface area (Å²) in [6, 6.07) is 16.1. The monoisotopic (exact) mass is 256 g/mol. The first kappa shape index (κ1) is 13.3. The maximum absolute atomic E-state index is 5.83. The molecule has 3 heteroatoms. The average Bonchev–Trinajstić information content (AvgIpc) is 2.45. The Hall–Kier alpha value is -2.16. The third-order valence-corrected chi connectivity index (χ3v) is 3.15. The predicted octanol–water partition coefficient (Wildman–Crippen LogP) is 3.49. The zero-order chi connectivity index (χ0) is 13.7. The van der Waals surface area contributed by atoms with Crippen LogP contribution in [0.1, 0.15) is 18.4 Å². The molecule has 0 aliphatic heterocycles. The van der Waals surface area contributed by atoms with Gasteiger partial charge in [0, 0.05) is 30.1 Å². The minimum atomic E-state index is 0.439. The van der Waals surface area contributed by atoms with Crippen LogP contribution >= 0.6 is 0 Å². The van der Waals surface area contributed by atoms with Gasteiger partial charge in [-0.05, 0) is 17.5 Å². The summed E-state index contributed by atoms with van der Waals surface area (Å²) in [6.07, 6.45) is 0. The van der Waals surface area contributed by atoms with Gasteiger partial charge in [-0.25, -0.2) is 0 Å². The molecule has 0 aliphatic rings. The fraction of sp³-hybridized carbons (Fsp3) is 0.250. The van der Waals surface area contributed by atoms with Gasteiger partial charge in [-0.3, -0.25) is 0 Å². The van der Waals surface area contributed by atoms with E-state index in [1.807, 2.05) is 24.3 Å². The molecule has 2 rings (SSSR count). The highest BCUT2D eigenvalue weighted by Crippen LogP contribution is 2.23. The van der Waals surface area contributed by atoms with Crippen molar-refractivity contribution in [2.45, 2.75) is 12.8 Å². The topological polar surface area (TPSA) is 47.3 Å². The normalized spacial score (nSPS) is 11.9. The van der Waals surface area contributed by atoms with E-state index in [0.717, 1.165) is 18.0 Å². The Kier molecular flexibility index (Phi) is 4.29. The molecule has 0 aromatic heterocycles. The van der Waals surface area contributed by atoms with Crippen LogP contribution in [0.15, 0.2) is 48.5 Å². The standard InChI is InChI=1S/C16H20N2O/c1-12(13-6-4-3-5-7-13)11-18-15-8-14(17)9-16(10-15)19-2/h3-10,12,18H,11,17H2,1-2H3. The Morgan fingerprint density at radius 1 is 1.16 bits per heavy atom. The van der Waals surface area contributed by atoms with E-state index in [0.29, 0.717) is 11.6 Å². The van der Waals surface area contributed by atoms with E-state index < -0.39 is 0 Å². The van der Waals surface area contributed by atoms with Gasteiger partial charge in [-0.2, -0.15) is 0 Å². The molecule has 0 amide bonds. The third-order valence-electron chi connectivity index (χ3n) is 3.15. The molecule has 100 valence electrons. The van der Waals surface area contributed by atoms with Crippen molar-refractivity contribution in [1.82, 2.24) is 0 Å². The molecular formula is C16H20N2O. The number of anilines is 2. The van der Waals surface area contributed by atoms with E-state index in [1.54, 1.807) is 7.11 Å². The molecule has 0 aliphatic carbocycles. The van der Waals surface area contributed by atoms with E-state index in [-0.39, 0.29) is 0 Å². The second-order valence-corrected chi connectivity index (χ2v) is 4.69. The number of ether oxygens (including phenoxy) is 1. The molecule has 19 heavy (non-hydrogen) atoms. The molecule has 0 saturated carbocycles. The van der Waals surface area contributed by atoms with E-state index >= 15 is 0 Å². The molecule has 3 nitrogen and oxygen atoms in total. The van der Waals surface area contributed by atoms with Crippen LogP contribution in [0.3, 0.4) is 0 Å². The van der Waals surface area contributed by atoms with E-state index in [9.17, 15) is 0 Å². The van der Waals surface area contributed by atoms with Crippen LogP contribution in [0, 0.1) is 0 Å². The zero-order valence-electron chi connectivity index (χ0n) is 11.4. The van der Waals surface area contributed by atoms with Gasteiger partial charge in [0.25, 0.3) is 0 Å². The van der Waals surface area contributed by atoms with Crippen LogP contribution in [0.4, 0.5) is 11.4 Å². The van der Waals surface area contributed by atoms with Crippen LogP contribution in [-0.2, 0) is 0 Å².